The lowest BCUT2D eigenvalue weighted by molar-refractivity contribution is -0.141. The summed E-state index contributed by atoms with van der Waals surface area (Å²) in [6, 6.07) is 0. The van der Waals surface area contributed by atoms with E-state index in [1.54, 1.807) is 6.92 Å². The topological polar surface area (TPSA) is 60.9 Å². The van der Waals surface area contributed by atoms with Crippen LogP contribution in [0.15, 0.2) is 0 Å². The standard InChI is InChI=1S/C18H31N3O3/c1-14(22)20-7-5-15(6-8-20)17(24)21-11-9-19(10-12-21)13-16(23)18(2,3)4/h15H,5-13H2,1-4H3. The van der Waals surface area contributed by atoms with Crippen molar-refractivity contribution in [3.8, 4) is 0 Å². The number of piperazine rings is 1. The van der Waals surface area contributed by atoms with Crippen molar-refractivity contribution in [2.75, 3.05) is 45.8 Å². The number of carbonyl (C=O) groups is 3. The van der Waals surface area contributed by atoms with Crippen molar-refractivity contribution >= 4 is 17.6 Å². The highest BCUT2D eigenvalue weighted by Crippen LogP contribution is 2.21. The second-order valence-electron chi connectivity index (χ2n) is 8.05. The van der Waals surface area contributed by atoms with Gasteiger partial charge in [-0.05, 0) is 12.8 Å². The zero-order valence-corrected chi connectivity index (χ0v) is 15.5. The van der Waals surface area contributed by atoms with Crippen LogP contribution in [0.4, 0.5) is 0 Å². The van der Waals surface area contributed by atoms with Crippen molar-refractivity contribution in [3.63, 3.8) is 0 Å². The number of Topliss-reactive ketones (excluding diaryl/α,β-unsaturated/α-hetero) is 1. The number of hydrogen-bond acceptors (Lipinski definition) is 4. The van der Waals surface area contributed by atoms with Gasteiger partial charge in [-0.25, -0.2) is 0 Å². The summed E-state index contributed by atoms with van der Waals surface area (Å²) in [6.07, 6.45) is 1.53. The van der Waals surface area contributed by atoms with E-state index in [-0.39, 0.29) is 28.9 Å². The lowest BCUT2D eigenvalue weighted by atomic mass is 9.90. The van der Waals surface area contributed by atoms with Crippen molar-refractivity contribution in [2.45, 2.75) is 40.5 Å². The van der Waals surface area contributed by atoms with Gasteiger partial charge in [-0.2, -0.15) is 0 Å². The number of amides is 2. The van der Waals surface area contributed by atoms with E-state index in [1.807, 2.05) is 30.6 Å². The summed E-state index contributed by atoms with van der Waals surface area (Å²) >= 11 is 0. The van der Waals surface area contributed by atoms with Crippen LogP contribution in [0.5, 0.6) is 0 Å². The van der Waals surface area contributed by atoms with Gasteiger partial charge in [0.25, 0.3) is 0 Å². The van der Waals surface area contributed by atoms with Gasteiger partial charge in [0.15, 0.2) is 5.78 Å². The highest BCUT2D eigenvalue weighted by atomic mass is 16.2. The Morgan fingerprint density at radius 3 is 1.88 bits per heavy atom. The number of piperidine rings is 1. The summed E-state index contributed by atoms with van der Waals surface area (Å²) in [7, 11) is 0. The predicted molar refractivity (Wildman–Crippen MR) is 92.5 cm³/mol. The van der Waals surface area contributed by atoms with Gasteiger partial charge in [-0.15, -0.1) is 0 Å². The third kappa shape index (κ3) is 4.79. The van der Waals surface area contributed by atoms with Crippen LogP contribution in [0.25, 0.3) is 0 Å². The van der Waals surface area contributed by atoms with Gasteiger partial charge in [0.2, 0.25) is 11.8 Å². The maximum absolute atomic E-state index is 12.7. The van der Waals surface area contributed by atoms with Gasteiger partial charge in [0.1, 0.15) is 0 Å². The third-order valence-corrected chi connectivity index (χ3v) is 5.18. The third-order valence-electron chi connectivity index (χ3n) is 5.18. The first-order valence-corrected chi connectivity index (χ1v) is 8.98. The molecule has 0 aromatic carbocycles. The van der Waals surface area contributed by atoms with Crippen molar-refractivity contribution in [1.29, 1.82) is 0 Å². The first-order valence-electron chi connectivity index (χ1n) is 8.98. The minimum atomic E-state index is -0.308. The molecule has 6 nitrogen and oxygen atoms in total. The van der Waals surface area contributed by atoms with E-state index in [1.165, 1.54) is 0 Å². The van der Waals surface area contributed by atoms with E-state index in [9.17, 15) is 14.4 Å². The Morgan fingerprint density at radius 2 is 1.42 bits per heavy atom. The number of likely N-dealkylation sites (tertiary alicyclic amines) is 1. The fourth-order valence-corrected chi connectivity index (χ4v) is 3.27. The molecule has 0 radical (unpaired) electrons. The Labute approximate surface area is 145 Å². The maximum atomic E-state index is 12.7. The molecule has 0 bridgehead atoms. The molecule has 2 heterocycles. The summed E-state index contributed by atoms with van der Waals surface area (Å²) in [5, 5.41) is 0. The van der Waals surface area contributed by atoms with Gasteiger partial charge in [0, 0.05) is 57.5 Å². The second kappa shape index (κ2) is 7.64. The van der Waals surface area contributed by atoms with Crippen LogP contribution in [0, 0.1) is 11.3 Å². The molecule has 2 aliphatic rings. The first-order chi connectivity index (χ1) is 11.2. The summed E-state index contributed by atoms with van der Waals surface area (Å²) in [5.74, 6) is 0.611. The van der Waals surface area contributed by atoms with E-state index >= 15 is 0 Å². The van der Waals surface area contributed by atoms with Crippen LogP contribution in [0.1, 0.15) is 40.5 Å². The molecule has 0 N–H and O–H groups in total. The number of ketones is 1. The maximum Gasteiger partial charge on any atom is 0.225 e. The highest BCUT2D eigenvalue weighted by Gasteiger charge is 2.32. The van der Waals surface area contributed by atoms with Gasteiger partial charge in [-0.1, -0.05) is 20.8 Å². The lowest BCUT2D eigenvalue weighted by Gasteiger charge is -2.38. The fourth-order valence-electron chi connectivity index (χ4n) is 3.27. The fraction of sp³-hybridized carbons (Fsp3) is 0.833. The summed E-state index contributed by atoms with van der Waals surface area (Å²) < 4.78 is 0. The largest absolute Gasteiger partial charge is 0.343 e. The van der Waals surface area contributed by atoms with E-state index in [2.05, 4.69) is 4.90 Å². The molecule has 6 heteroatoms. The molecule has 2 fully saturated rings. The molecule has 136 valence electrons. The molecule has 2 amide bonds. The Morgan fingerprint density at radius 1 is 0.875 bits per heavy atom. The van der Waals surface area contributed by atoms with Crippen molar-refractivity contribution in [1.82, 2.24) is 14.7 Å². The van der Waals surface area contributed by atoms with Gasteiger partial charge < -0.3 is 9.80 Å². The van der Waals surface area contributed by atoms with Crippen molar-refractivity contribution in [3.05, 3.63) is 0 Å². The average molecular weight is 337 g/mol. The molecule has 2 saturated heterocycles. The molecule has 0 saturated carbocycles. The molecule has 0 atom stereocenters. The summed E-state index contributed by atoms with van der Waals surface area (Å²) in [4.78, 5) is 42.1. The van der Waals surface area contributed by atoms with Crippen LogP contribution in [-0.4, -0.2) is 78.1 Å². The number of hydrogen-bond donors (Lipinski definition) is 0. The van der Waals surface area contributed by atoms with E-state index in [4.69, 9.17) is 0 Å². The number of carbonyl (C=O) groups excluding carboxylic acids is 3. The summed E-state index contributed by atoms with van der Waals surface area (Å²) in [5.41, 5.74) is -0.308. The monoisotopic (exact) mass is 337 g/mol. The van der Waals surface area contributed by atoms with Gasteiger partial charge >= 0.3 is 0 Å². The minimum Gasteiger partial charge on any atom is -0.343 e. The van der Waals surface area contributed by atoms with Gasteiger partial charge in [-0.3, -0.25) is 19.3 Å². The SMILES string of the molecule is CC(=O)N1CCC(C(=O)N2CCN(CC(=O)C(C)(C)C)CC2)CC1. The molecule has 0 aromatic heterocycles. The Hall–Kier alpha value is -1.43. The Bertz CT molecular complexity index is 482. The van der Waals surface area contributed by atoms with E-state index in [0.717, 1.165) is 25.9 Å². The van der Waals surface area contributed by atoms with Crippen molar-refractivity contribution in [2.24, 2.45) is 11.3 Å². The second-order valence-corrected chi connectivity index (χ2v) is 8.05. The molecule has 2 aliphatic heterocycles. The minimum absolute atomic E-state index is 0.0448. The Balaban J connectivity index is 1.77. The zero-order valence-electron chi connectivity index (χ0n) is 15.5. The van der Waals surface area contributed by atoms with Crippen LogP contribution in [0.2, 0.25) is 0 Å². The van der Waals surface area contributed by atoms with Crippen LogP contribution >= 0.6 is 0 Å². The molecule has 2 rings (SSSR count). The van der Waals surface area contributed by atoms with Crippen LogP contribution in [0.3, 0.4) is 0 Å². The lowest BCUT2D eigenvalue weighted by Crippen LogP contribution is -2.53. The molecule has 0 aromatic rings. The number of rotatable bonds is 3. The predicted octanol–water partition coefficient (Wildman–Crippen LogP) is 1.00. The Kier molecular flexibility index (Phi) is 6.01. The first kappa shape index (κ1) is 18.9. The van der Waals surface area contributed by atoms with Gasteiger partial charge in [0.05, 0.1) is 6.54 Å². The molecule has 24 heavy (non-hydrogen) atoms. The highest BCUT2D eigenvalue weighted by molar-refractivity contribution is 5.85. The molecule has 0 unspecified atom stereocenters. The van der Waals surface area contributed by atoms with Crippen LogP contribution < -0.4 is 0 Å². The number of nitrogens with zero attached hydrogens (tertiary/aromatic N) is 3. The zero-order chi connectivity index (χ0) is 17.9. The summed E-state index contributed by atoms with van der Waals surface area (Å²) in [6.45, 7) is 12.2. The van der Waals surface area contributed by atoms with E-state index in [0.29, 0.717) is 32.7 Å². The normalized spacial score (nSPS) is 21.0. The molecule has 0 aliphatic carbocycles. The average Bonchev–Trinajstić information content (AvgIpc) is 2.54. The smallest absolute Gasteiger partial charge is 0.225 e. The molecule has 0 spiro atoms. The van der Waals surface area contributed by atoms with Crippen LogP contribution in [-0.2, 0) is 14.4 Å². The van der Waals surface area contributed by atoms with E-state index < -0.39 is 0 Å². The molecular weight excluding hydrogens is 306 g/mol. The quantitative estimate of drug-likeness (QED) is 0.771. The van der Waals surface area contributed by atoms with Crippen molar-refractivity contribution < 1.29 is 14.4 Å². The molecular formula is C18H31N3O3.